The average molecular weight is 451 g/mol. The normalized spacial score (nSPS) is 19.7. The number of hydrogen-bond acceptors (Lipinski definition) is 7. The molecule has 2 aromatic carbocycles. The standard InChI is InChI=1S/C24H26N4O3S/c1-31-21-10-6-3-7-17(21)19-15-27-22(16-26-19)28-20-9-5-4-8-18(20)24(11-13-25-14-12-24)23(28)32(2,29)30/h3-10,15-16,23,25H,11-14H2,1-2H3. The molecule has 3 aromatic rings. The molecule has 1 fully saturated rings. The lowest BCUT2D eigenvalue weighted by Gasteiger charge is -2.40. The Kier molecular flexibility index (Phi) is 5.14. The van der Waals surface area contributed by atoms with Crippen LogP contribution in [0.4, 0.5) is 11.5 Å². The lowest BCUT2D eigenvalue weighted by molar-refractivity contribution is 0.308. The van der Waals surface area contributed by atoms with Gasteiger partial charge in [0.2, 0.25) is 0 Å². The van der Waals surface area contributed by atoms with Gasteiger partial charge >= 0.3 is 0 Å². The summed E-state index contributed by atoms with van der Waals surface area (Å²) in [7, 11) is -1.82. The number of ether oxygens (including phenoxy) is 1. The second-order valence-electron chi connectivity index (χ2n) is 8.44. The Balaban J connectivity index is 1.63. The summed E-state index contributed by atoms with van der Waals surface area (Å²) in [6.45, 7) is 1.57. The van der Waals surface area contributed by atoms with E-state index in [1.54, 1.807) is 19.5 Å². The van der Waals surface area contributed by atoms with E-state index < -0.39 is 20.6 Å². The van der Waals surface area contributed by atoms with Gasteiger partial charge in [0.25, 0.3) is 0 Å². The number of nitrogens with one attached hydrogen (secondary N) is 1. The molecule has 166 valence electrons. The SMILES string of the molecule is COc1ccccc1-c1cnc(N2c3ccccc3C3(CCNCC3)C2S(C)(=O)=O)cn1. The Bertz CT molecular complexity index is 1240. The lowest BCUT2D eigenvalue weighted by atomic mass is 9.74. The van der Waals surface area contributed by atoms with Gasteiger partial charge in [0.05, 0.1) is 25.2 Å². The molecule has 1 N–H and O–H groups in total. The van der Waals surface area contributed by atoms with E-state index in [9.17, 15) is 8.42 Å². The van der Waals surface area contributed by atoms with Crippen molar-refractivity contribution in [3.8, 4) is 17.0 Å². The summed E-state index contributed by atoms with van der Waals surface area (Å²) in [5.41, 5.74) is 3.01. The number of fused-ring (bicyclic) bond motifs is 2. The Morgan fingerprint density at radius 2 is 1.75 bits per heavy atom. The number of aromatic nitrogens is 2. The van der Waals surface area contributed by atoms with Crippen LogP contribution in [-0.4, -0.2) is 50.2 Å². The molecule has 5 rings (SSSR count). The Hall–Kier alpha value is -2.97. The molecule has 3 heterocycles. The van der Waals surface area contributed by atoms with E-state index in [-0.39, 0.29) is 0 Å². The highest BCUT2D eigenvalue weighted by Gasteiger charge is 2.56. The third-order valence-corrected chi connectivity index (χ3v) is 8.05. The predicted molar refractivity (Wildman–Crippen MR) is 125 cm³/mol. The fourth-order valence-electron chi connectivity index (χ4n) is 5.29. The zero-order valence-electron chi connectivity index (χ0n) is 18.2. The van der Waals surface area contributed by atoms with Gasteiger partial charge in [-0.3, -0.25) is 4.98 Å². The van der Waals surface area contributed by atoms with Crippen LogP contribution >= 0.6 is 0 Å². The number of anilines is 2. The number of rotatable bonds is 4. The molecule has 1 unspecified atom stereocenters. The van der Waals surface area contributed by atoms with Crippen LogP contribution < -0.4 is 15.0 Å². The predicted octanol–water partition coefficient (Wildman–Crippen LogP) is 3.30. The fraction of sp³-hybridized carbons (Fsp3) is 0.333. The molecule has 1 aromatic heterocycles. The van der Waals surface area contributed by atoms with Crippen LogP contribution in [0.5, 0.6) is 5.75 Å². The second kappa shape index (κ2) is 7.86. The first-order valence-electron chi connectivity index (χ1n) is 10.7. The number of sulfone groups is 1. The van der Waals surface area contributed by atoms with Crippen LogP contribution in [0.1, 0.15) is 18.4 Å². The van der Waals surface area contributed by atoms with Gasteiger partial charge in [0.15, 0.2) is 15.7 Å². The molecule has 2 aliphatic heterocycles. The van der Waals surface area contributed by atoms with Gasteiger partial charge in [-0.05, 0) is 49.7 Å². The van der Waals surface area contributed by atoms with Crippen LogP contribution in [0.2, 0.25) is 0 Å². The van der Waals surface area contributed by atoms with Crippen LogP contribution in [0.25, 0.3) is 11.3 Å². The lowest BCUT2D eigenvalue weighted by Crippen LogP contribution is -2.53. The summed E-state index contributed by atoms with van der Waals surface area (Å²) in [5.74, 6) is 1.24. The number of piperidine rings is 1. The highest BCUT2D eigenvalue weighted by Crippen LogP contribution is 2.54. The smallest absolute Gasteiger partial charge is 0.169 e. The van der Waals surface area contributed by atoms with Crippen molar-refractivity contribution < 1.29 is 13.2 Å². The highest BCUT2D eigenvalue weighted by atomic mass is 32.2. The topological polar surface area (TPSA) is 84.4 Å². The van der Waals surface area contributed by atoms with E-state index in [1.165, 1.54) is 6.26 Å². The fourth-order valence-corrected chi connectivity index (χ4v) is 7.07. The van der Waals surface area contributed by atoms with Crippen LogP contribution in [0.15, 0.2) is 60.9 Å². The van der Waals surface area contributed by atoms with Crippen LogP contribution in [0, 0.1) is 0 Å². The Morgan fingerprint density at radius 1 is 1.03 bits per heavy atom. The summed E-state index contributed by atoms with van der Waals surface area (Å²) in [5, 5.41) is 2.66. The number of hydrogen-bond donors (Lipinski definition) is 1. The van der Waals surface area contributed by atoms with Crippen LogP contribution in [-0.2, 0) is 15.3 Å². The van der Waals surface area contributed by atoms with Gasteiger partial charge < -0.3 is 15.0 Å². The number of nitrogens with zero attached hydrogens (tertiary/aromatic N) is 3. The maximum absolute atomic E-state index is 13.2. The molecule has 0 saturated carbocycles. The van der Waals surface area contributed by atoms with Gasteiger partial charge in [-0.25, -0.2) is 13.4 Å². The van der Waals surface area contributed by atoms with E-state index in [0.717, 1.165) is 42.7 Å². The minimum atomic E-state index is -3.44. The maximum Gasteiger partial charge on any atom is 0.169 e. The molecule has 0 amide bonds. The number of methoxy groups -OCH3 is 1. The van der Waals surface area contributed by atoms with Crippen molar-refractivity contribution in [1.29, 1.82) is 0 Å². The first-order chi connectivity index (χ1) is 15.5. The van der Waals surface area contributed by atoms with E-state index in [2.05, 4.69) is 21.4 Å². The van der Waals surface area contributed by atoms with Crippen molar-refractivity contribution in [1.82, 2.24) is 15.3 Å². The van der Waals surface area contributed by atoms with Gasteiger partial charge in [-0.1, -0.05) is 30.3 Å². The minimum absolute atomic E-state index is 0.474. The van der Waals surface area contributed by atoms with Crippen LogP contribution in [0.3, 0.4) is 0 Å². The van der Waals surface area contributed by atoms with Crippen molar-refractivity contribution in [2.75, 3.05) is 31.4 Å². The molecule has 7 nitrogen and oxygen atoms in total. The van der Waals surface area contributed by atoms with Crippen molar-refractivity contribution in [3.63, 3.8) is 0 Å². The maximum atomic E-state index is 13.2. The summed E-state index contributed by atoms with van der Waals surface area (Å²) >= 11 is 0. The molecule has 0 bridgehead atoms. The Morgan fingerprint density at radius 3 is 2.44 bits per heavy atom. The largest absolute Gasteiger partial charge is 0.496 e. The molecule has 1 spiro atoms. The second-order valence-corrected chi connectivity index (χ2v) is 10.5. The zero-order valence-corrected chi connectivity index (χ0v) is 19.0. The van der Waals surface area contributed by atoms with Crippen molar-refractivity contribution in [2.24, 2.45) is 0 Å². The van der Waals surface area contributed by atoms with Crippen molar-refractivity contribution >= 4 is 21.3 Å². The third-order valence-electron chi connectivity index (χ3n) is 6.58. The molecule has 32 heavy (non-hydrogen) atoms. The van der Waals surface area contributed by atoms with E-state index in [4.69, 9.17) is 4.74 Å². The van der Waals surface area contributed by atoms with Crippen molar-refractivity contribution in [2.45, 2.75) is 23.6 Å². The zero-order chi connectivity index (χ0) is 22.3. The van der Waals surface area contributed by atoms with E-state index >= 15 is 0 Å². The van der Waals surface area contributed by atoms with Gasteiger partial charge in [-0.15, -0.1) is 0 Å². The molecule has 0 aliphatic carbocycles. The van der Waals surface area contributed by atoms with E-state index in [1.807, 2.05) is 47.4 Å². The molecular weight excluding hydrogens is 424 g/mol. The monoisotopic (exact) mass is 450 g/mol. The first kappa shape index (κ1) is 20.9. The quantitative estimate of drug-likeness (QED) is 0.653. The van der Waals surface area contributed by atoms with Crippen molar-refractivity contribution in [3.05, 3.63) is 66.5 Å². The third kappa shape index (κ3) is 3.25. The number of benzene rings is 2. The molecule has 8 heteroatoms. The molecular formula is C24H26N4O3S. The summed E-state index contributed by atoms with van der Waals surface area (Å²) < 4.78 is 31.9. The van der Waals surface area contributed by atoms with Gasteiger partial charge in [0, 0.05) is 22.9 Å². The highest BCUT2D eigenvalue weighted by molar-refractivity contribution is 7.91. The van der Waals surface area contributed by atoms with E-state index in [0.29, 0.717) is 17.3 Å². The summed E-state index contributed by atoms with van der Waals surface area (Å²) in [6.07, 6.45) is 6.19. The molecule has 1 saturated heterocycles. The minimum Gasteiger partial charge on any atom is -0.496 e. The van der Waals surface area contributed by atoms with Gasteiger partial charge in [0.1, 0.15) is 11.1 Å². The average Bonchev–Trinajstić information content (AvgIpc) is 3.10. The van der Waals surface area contributed by atoms with Gasteiger partial charge in [-0.2, -0.15) is 0 Å². The Labute approximate surface area is 188 Å². The molecule has 1 atom stereocenters. The summed E-state index contributed by atoms with van der Waals surface area (Å²) in [6, 6.07) is 15.6. The molecule has 0 radical (unpaired) electrons. The summed E-state index contributed by atoms with van der Waals surface area (Å²) in [4.78, 5) is 11.2. The first-order valence-corrected chi connectivity index (χ1v) is 12.6. The molecule has 2 aliphatic rings. The number of para-hydroxylation sites is 2.